The molecule has 0 spiro atoms. The molecule has 0 aromatic carbocycles. The van der Waals surface area contributed by atoms with Crippen molar-refractivity contribution in [3.8, 4) is 0 Å². The van der Waals surface area contributed by atoms with Gasteiger partial charge in [0.2, 0.25) is 0 Å². The second kappa shape index (κ2) is 6.61. The molecule has 0 aliphatic heterocycles. The third-order valence-corrected chi connectivity index (χ3v) is 3.65. The zero-order valence-corrected chi connectivity index (χ0v) is 11.4. The van der Waals surface area contributed by atoms with E-state index in [0.717, 1.165) is 24.7 Å². The van der Waals surface area contributed by atoms with Gasteiger partial charge in [0.05, 0.1) is 18.1 Å². The summed E-state index contributed by atoms with van der Waals surface area (Å²) in [6.07, 6.45) is 9.62. The number of hydrogen-bond acceptors (Lipinski definition) is 4. The van der Waals surface area contributed by atoms with E-state index in [0.29, 0.717) is 0 Å². The van der Waals surface area contributed by atoms with Crippen LogP contribution in [0.25, 0.3) is 0 Å². The van der Waals surface area contributed by atoms with Gasteiger partial charge in [-0.05, 0) is 25.8 Å². The average molecular weight is 263 g/mol. The largest absolute Gasteiger partial charge is 0.476 e. The van der Waals surface area contributed by atoms with Gasteiger partial charge < -0.3 is 10.0 Å². The smallest absolute Gasteiger partial charge is 0.356 e. The molecule has 1 fully saturated rings. The van der Waals surface area contributed by atoms with Crippen LogP contribution in [0.15, 0.2) is 12.4 Å². The molecule has 0 unspecified atom stereocenters. The number of rotatable bonds is 5. The second-order valence-electron chi connectivity index (χ2n) is 5.40. The molecule has 1 N–H and O–H groups in total. The van der Waals surface area contributed by atoms with Crippen molar-refractivity contribution in [1.82, 2.24) is 14.9 Å². The molecule has 0 bridgehead atoms. The van der Waals surface area contributed by atoms with Crippen LogP contribution < -0.4 is 0 Å². The molecule has 2 rings (SSSR count). The third kappa shape index (κ3) is 4.28. The van der Waals surface area contributed by atoms with E-state index in [1.165, 1.54) is 38.3 Å². The van der Waals surface area contributed by atoms with E-state index in [1.807, 2.05) is 0 Å². The predicted molar refractivity (Wildman–Crippen MR) is 71.9 cm³/mol. The lowest BCUT2D eigenvalue weighted by molar-refractivity contribution is 0.0690. The molecule has 1 heterocycles. The molecule has 5 nitrogen and oxygen atoms in total. The van der Waals surface area contributed by atoms with Gasteiger partial charge >= 0.3 is 5.97 Å². The molecular weight excluding hydrogens is 242 g/mol. The summed E-state index contributed by atoms with van der Waals surface area (Å²) >= 11 is 0. The molecule has 1 saturated carbocycles. The Bertz CT molecular complexity index is 413. The lowest BCUT2D eigenvalue weighted by Gasteiger charge is -2.26. The fourth-order valence-electron chi connectivity index (χ4n) is 2.70. The van der Waals surface area contributed by atoms with Gasteiger partial charge in [-0.3, -0.25) is 4.98 Å². The van der Waals surface area contributed by atoms with Crippen LogP contribution in [0.1, 0.15) is 48.3 Å². The normalized spacial score (nSPS) is 16.7. The van der Waals surface area contributed by atoms with Crippen molar-refractivity contribution in [3.63, 3.8) is 0 Å². The first-order chi connectivity index (χ1) is 9.15. The number of carboxylic acids is 1. The third-order valence-electron chi connectivity index (χ3n) is 3.65. The van der Waals surface area contributed by atoms with Crippen LogP contribution in [0.3, 0.4) is 0 Å². The molecule has 19 heavy (non-hydrogen) atoms. The molecule has 104 valence electrons. The summed E-state index contributed by atoms with van der Waals surface area (Å²) in [7, 11) is 2.08. The maximum Gasteiger partial charge on any atom is 0.356 e. The lowest BCUT2D eigenvalue weighted by atomic mass is 9.89. The molecule has 0 saturated heterocycles. The SMILES string of the molecule is CN(Cc1cnc(C(=O)O)cn1)CC1CCCCC1. The van der Waals surface area contributed by atoms with Crippen LogP contribution in [0, 0.1) is 5.92 Å². The van der Waals surface area contributed by atoms with Gasteiger partial charge in [-0.2, -0.15) is 0 Å². The van der Waals surface area contributed by atoms with Crippen molar-refractivity contribution in [1.29, 1.82) is 0 Å². The average Bonchev–Trinajstić information content (AvgIpc) is 2.40. The fourth-order valence-corrected chi connectivity index (χ4v) is 2.70. The number of carboxylic acid groups (broad SMARTS) is 1. The van der Waals surface area contributed by atoms with Crippen molar-refractivity contribution < 1.29 is 9.90 Å². The molecule has 1 aromatic rings. The summed E-state index contributed by atoms with van der Waals surface area (Å²) in [4.78, 5) is 21.0. The summed E-state index contributed by atoms with van der Waals surface area (Å²) in [6, 6.07) is 0. The van der Waals surface area contributed by atoms with Crippen molar-refractivity contribution in [2.75, 3.05) is 13.6 Å². The molecule has 0 amide bonds. The Balaban J connectivity index is 1.83. The molecule has 0 atom stereocenters. The first kappa shape index (κ1) is 13.9. The highest BCUT2D eigenvalue weighted by Gasteiger charge is 2.15. The Kier molecular flexibility index (Phi) is 4.85. The van der Waals surface area contributed by atoms with Crippen molar-refractivity contribution >= 4 is 5.97 Å². The Morgan fingerprint density at radius 3 is 2.63 bits per heavy atom. The van der Waals surface area contributed by atoms with Crippen molar-refractivity contribution in [3.05, 3.63) is 23.8 Å². The van der Waals surface area contributed by atoms with E-state index >= 15 is 0 Å². The predicted octanol–water partition coefficient (Wildman–Crippen LogP) is 2.19. The number of hydrogen-bond donors (Lipinski definition) is 1. The van der Waals surface area contributed by atoms with E-state index in [2.05, 4.69) is 21.9 Å². The Morgan fingerprint density at radius 1 is 1.32 bits per heavy atom. The van der Waals surface area contributed by atoms with Crippen molar-refractivity contribution in [2.24, 2.45) is 5.92 Å². The van der Waals surface area contributed by atoms with Crippen LogP contribution in [-0.2, 0) is 6.54 Å². The molecule has 5 heteroatoms. The molecule has 1 aromatic heterocycles. The second-order valence-corrected chi connectivity index (χ2v) is 5.40. The minimum atomic E-state index is -1.03. The summed E-state index contributed by atoms with van der Waals surface area (Å²) in [5.41, 5.74) is 0.821. The van der Waals surface area contributed by atoms with Crippen LogP contribution in [0.5, 0.6) is 0 Å². The van der Waals surface area contributed by atoms with Crippen LogP contribution >= 0.6 is 0 Å². The number of carbonyl (C=O) groups is 1. The lowest BCUT2D eigenvalue weighted by Crippen LogP contribution is -2.27. The van der Waals surface area contributed by atoms with E-state index in [9.17, 15) is 4.79 Å². The van der Waals surface area contributed by atoms with Gasteiger partial charge in [0.1, 0.15) is 0 Å². The van der Waals surface area contributed by atoms with Crippen LogP contribution in [0.4, 0.5) is 0 Å². The molecular formula is C14H21N3O2. The molecule has 1 aliphatic carbocycles. The summed E-state index contributed by atoms with van der Waals surface area (Å²) in [5, 5.41) is 8.76. The highest BCUT2D eigenvalue weighted by Crippen LogP contribution is 2.24. The molecule has 1 aliphatic rings. The van der Waals surface area contributed by atoms with Gasteiger partial charge in [0.25, 0.3) is 0 Å². The van der Waals surface area contributed by atoms with Gasteiger partial charge in [-0.1, -0.05) is 19.3 Å². The standard InChI is InChI=1S/C14H21N3O2/c1-17(9-11-5-3-2-4-6-11)10-12-7-16-13(8-15-12)14(18)19/h7-8,11H,2-6,9-10H2,1H3,(H,18,19). The Hall–Kier alpha value is -1.49. The van der Waals surface area contributed by atoms with E-state index in [4.69, 9.17) is 5.11 Å². The van der Waals surface area contributed by atoms with E-state index in [1.54, 1.807) is 6.20 Å². The first-order valence-corrected chi connectivity index (χ1v) is 6.88. The number of aromatic nitrogens is 2. The van der Waals surface area contributed by atoms with E-state index in [-0.39, 0.29) is 5.69 Å². The van der Waals surface area contributed by atoms with Crippen LogP contribution in [0.2, 0.25) is 0 Å². The van der Waals surface area contributed by atoms with Crippen LogP contribution in [-0.4, -0.2) is 39.5 Å². The van der Waals surface area contributed by atoms with Gasteiger partial charge in [0.15, 0.2) is 5.69 Å². The number of aromatic carboxylic acids is 1. The minimum absolute atomic E-state index is 0.00122. The van der Waals surface area contributed by atoms with Gasteiger partial charge in [-0.15, -0.1) is 0 Å². The first-order valence-electron chi connectivity index (χ1n) is 6.88. The summed E-state index contributed by atoms with van der Waals surface area (Å²) in [6.45, 7) is 1.81. The maximum atomic E-state index is 10.7. The van der Waals surface area contributed by atoms with Gasteiger partial charge in [0, 0.05) is 13.1 Å². The van der Waals surface area contributed by atoms with E-state index < -0.39 is 5.97 Å². The van der Waals surface area contributed by atoms with Gasteiger partial charge in [-0.25, -0.2) is 9.78 Å². The summed E-state index contributed by atoms with van der Waals surface area (Å²) < 4.78 is 0. The minimum Gasteiger partial charge on any atom is -0.476 e. The zero-order valence-electron chi connectivity index (χ0n) is 11.4. The zero-order chi connectivity index (χ0) is 13.7. The fraction of sp³-hybridized carbons (Fsp3) is 0.643. The summed E-state index contributed by atoms with van der Waals surface area (Å²) in [5.74, 6) is -0.236. The highest BCUT2D eigenvalue weighted by molar-refractivity contribution is 5.84. The monoisotopic (exact) mass is 263 g/mol. The quantitative estimate of drug-likeness (QED) is 0.882. The maximum absolute atomic E-state index is 10.7. The highest BCUT2D eigenvalue weighted by atomic mass is 16.4. The Labute approximate surface area is 113 Å². The van der Waals surface area contributed by atoms with Crippen molar-refractivity contribution in [2.45, 2.75) is 38.6 Å². The number of nitrogens with zero attached hydrogens (tertiary/aromatic N) is 3. The Morgan fingerprint density at radius 2 is 2.05 bits per heavy atom. The topological polar surface area (TPSA) is 66.3 Å². The molecule has 0 radical (unpaired) electrons.